The Hall–Kier alpha value is -2.53. The van der Waals surface area contributed by atoms with Gasteiger partial charge in [0.25, 0.3) is 5.91 Å². The van der Waals surface area contributed by atoms with Crippen LogP contribution in [0.5, 0.6) is 5.75 Å². The van der Waals surface area contributed by atoms with Crippen LogP contribution in [-0.2, 0) is 13.6 Å². The third-order valence-electron chi connectivity index (χ3n) is 3.81. The molecule has 1 heterocycles. The number of imidazole rings is 1. The van der Waals surface area contributed by atoms with E-state index in [1.165, 1.54) is 18.2 Å². The molecule has 0 aliphatic rings. The maximum Gasteiger partial charge on any atom is 0.251 e. The van der Waals surface area contributed by atoms with Gasteiger partial charge in [0.2, 0.25) is 0 Å². The van der Waals surface area contributed by atoms with Crippen molar-refractivity contribution >= 4 is 28.5 Å². The minimum Gasteiger partial charge on any atom is -0.506 e. The van der Waals surface area contributed by atoms with E-state index in [0.717, 1.165) is 22.4 Å². The number of halogens is 1. The summed E-state index contributed by atoms with van der Waals surface area (Å²) < 4.78 is 1.98. The number of para-hydroxylation sites is 1. The Morgan fingerprint density at radius 3 is 2.83 bits per heavy atom. The van der Waals surface area contributed by atoms with E-state index in [1.807, 2.05) is 36.7 Å². The van der Waals surface area contributed by atoms with Crippen LogP contribution < -0.4 is 5.32 Å². The maximum absolute atomic E-state index is 12.2. The van der Waals surface area contributed by atoms with Gasteiger partial charge in [-0.25, -0.2) is 4.98 Å². The Bertz CT molecular complexity index is 902. The molecular formula is C17H16ClN3O2. The number of rotatable bonds is 3. The Morgan fingerprint density at radius 1 is 1.35 bits per heavy atom. The molecule has 0 aliphatic heterocycles. The molecule has 0 aliphatic carbocycles. The molecule has 0 unspecified atom stereocenters. The van der Waals surface area contributed by atoms with Crippen molar-refractivity contribution in [1.29, 1.82) is 0 Å². The summed E-state index contributed by atoms with van der Waals surface area (Å²) in [5.41, 5.74) is 3.50. The first-order valence-corrected chi connectivity index (χ1v) is 7.53. The molecule has 23 heavy (non-hydrogen) atoms. The van der Waals surface area contributed by atoms with Crippen LogP contribution in [0.3, 0.4) is 0 Å². The van der Waals surface area contributed by atoms with Crippen molar-refractivity contribution in [2.45, 2.75) is 13.5 Å². The van der Waals surface area contributed by atoms with Crippen LogP contribution >= 0.6 is 11.6 Å². The first-order valence-electron chi connectivity index (χ1n) is 7.15. The fraction of sp³-hybridized carbons (Fsp3) is 0.176. The number of hydrogen-bond acceptors (Lipinski definition) is 3. The van der Waals surface area contributed by atoms with Gasteiger partial charge in [-0.15, -0.1) is 0 Å². The number of nitrogens with one attached hydrogen (secondary N) is 1. The molecule has 2 N–H and O–H groups in total. The summed E-state index contributed by atoms with van der Waals surface area (Å²) in [4.78, 5) is 16.7. The van der Waals surface area contributed by atoms with E-state index in [2.05, 4.69) is 10.3 Å². The summed E-state index contributed by atoms with van der Waals surface area (Å²) in [6, 6.07) is 10.3. The highest BCUT2D eigenvalue weighted by molar-refractivity contribution is 6.32. The van der Waals surface area contributed by atoms with Crippen LogP contribution in [-0.4, -0.2) is 20.6 Å². The van der Waals surface area contributed by atoms with E-state index in [-0.39, 0.29) is 16.7 Å². The summed E-state index contributed by atoms with van der Waals surface area (Å²) in [5, 5.41) is 12.4. The summed E-state index contributed by atoms with van der Waals surface area (Å²) in [6.07, 6.45) is 0. The van der Waals surface area contributed by atoms with Gasteiger partial charge in [0.05, 0.1) is 22.6 Å². The second-order valence-corrected chi connectivity index (χ2v) is 5.79. The molecule has 0 fully saturated rings. The number of aromatic hydroxyl groups is 1. The molecule has 0 atom stereocenters. The third kappa shape index (κ3) is 2.87. The predicted molar refractivity (Wildman–Crippen MR) is 89.7 cm³/mol. The van der Waals surface area contributed by atoms with Crippen LogP contribution in [0.2, 0.25) is 5.02 Å². The van der Waals surface area contributed by atoms with Gasteiger partial charge < -0.3 is 15.0 Å². The highest BCUT2D eigenvalue weighted by Crippen LogP contribution is 2.23. The average Bonchev–Trinajstić information content (AvgIpc) is 2.85. The number of phenols is 1. The Kier molecular flexibility index (Phi) is 3.96. The van der Waals surface area contributed by atoms with E-state index in [9.17, 15) is 9.90 Å². The molecule has 0 bridgehead atoms. The largest absolute Gasteiger partial charge is 0.506 e. The van der Waals surface area contributed by atoms with Gasteiger partial charge in [0.1, 0.15) is 11.6 Å². The normalized spacial score (nSPS) is 10.9. The van der Waals surface area contributed by atoms with Gasteiger partial charge in [0.15, 0.2) is 0 Å². The molecule has 0 saturated heterocycles. The van der Waals surface area contributed by atoms with Crippen LogP contribution in [0.4, 0.5) is 0 Å². The van der Waals surface area contributed by atoms with E-state index in [1.54, 1.807) is 0 Å². The predicted octanol–water partition coefficient (Wildman–Crippen LogP) is 3.17. The summed E-state index contributed by atoms with van der Waals surface area (Å²) in [7, 11) is 1.93. The van der Waals surface area contributed by atoms with Gasteiger partial charge in [-0.05, 0) is 36.8 Å². The van der Waals surface area contributed by atoms with Gasteiger partial charge in [-0.1, -0.05) is 23.7 Å². The van der Waals surface area contributed by atoms with Crippen molar-refractivity contribution < 1.29 is 9.90 Å². The van der Waals surface area contributed by atoms with Crippen molar-refractivity contribution in [3.8, 4) is 5.75 Å². The minimum absolute atomic E-state index is 0.0472. The number of fused-ring (bicyclic) bond motifs is 1. The van der Waals surface area contributed by atoms with Crippen LogP contribution in [0.25, 0.3) is 11.0 Å². The number of benzene rings is 2. The number of nitrogens with zero attached hydrogens (tertiary/aromatic N) is 2. The molecule has 0 spiro atoms. The highest BCUT2D eigenvalue weighted by atomic mass is 35.5. The fourth-order valence-corrected chi connectivity index (χ4v) is 2.76. The zero-order valence-corrected chi connectivity index (χ0v) is 13.6. The van der Waals surface area contributed by atoms with E-state index < -0.39 is 0 Å². The maximum atomic E-state index is 12.2. The lowest BCUT2D eigenvalue weighted by molar-refractivity contribution is 0.0949. The Labute approximate surface area is 138 Å². The van der Waals surface area contributed by atoms with Gasteiger partial charge >= 0.3 is 0 Å². The number of hydrogen-bond donors (Lipinski definition) is 2. The Balaban J connectivity index is 1.80. The molecule has 0 saturated carbocycles. The number of phenolic OH excluding ortho intramolecular Hbond substituents is 1. The van der Waals surface area contributed by atoms with Crippen LogP contribution in [0, 0.1) is 6.92 Å². The number of carbonyl (C=O) groups is 1. The van der Waals surface area contributed by atoms with E-state index in [0.29, 0.717) is 12.1 Å². The Morgan fingerprint density at radius 2 is 2.13 bits per heavy atom. The molecule has 6 heteroatoms. The smallest absolute Gasteiger partial charge is 0.251 e. The molecule has 1 amide bonds. The lowest BCUT2D eigenvalue weighted by atomic mass is 10.2. The number of aryl methyl sites for hydroxylation is 2. The minimum atomic E-state index is -0.268. The molecule has 5 nitrogen and oxygen atoms in total. The topological polar surface area (TPSA) is 67.2 Å². The molecule has 3 aromatic rings. The quantitative estimate of drug-likeness (QED) is 0.775. The third-order valence-corrected chi connectivity index (χ3v) is 4.11. The van der Waals surface area contributed by atoms with Crippen LogP contribution in [0.1, 0.15) is 21.7 Å². The summed E-state index contributed by atoms with van der Waals surface area (Å²) >= 11 is 5.82. The van der Waals surface area contributed by atoms with Gasteiger partial charge in [-0.3, -0.25) is 4.79 Å². The number of amides is 1. The summed E-state index contributed by atoms with van der Waals surface area (Å²) in [6.45, 7) is 2.34. The molecular weight excluding hydrogens is 314 g/mol. The lowest BCUT2D eigenvalue weighted by Gasteiger charge is -2.07. The van der Waals surface area contributed by atoms with Gasteiger partial charge in [0, 0.05) is 12.6 Å². The molecule has 1 aromatic heterocycles. The molecule has 2 aromatic carbocycles. The monoisotopic (exact) mass is 329 g/mol. The zero-order chi connectivity index (χ0) is 16.6. The van der Waals surface area contributed by atoms with E-state index >= 15 is 0 Å². The van der Waals surface area contributed by atoms with Crippen LogP contribution in [0.15, 0.2) is 36.4 Å². The van der Waals surface area contributed by atoms with Crippen molar-refractivity contribution in [3.05, 3.63) is 58.4 Å². The second-order valence-electron chi connectivity index (χ2n) is 5.38. The standard InChI is InChI=1S/C17H16ClN3O2/c1-10-4-3-5-13-16(10)21(2)15(20-13)9-19-17(23)11-6-7-14(22)12(18)8-11/h3-8,22H,9H2,1-2H3,(H,19,23). The lowest BCUT2D eigenvalue weighted by Crippen LogP contribution is -2.24. The zero-order valence-electron chi connectivity index (χ0n) is 12.8. The SMILES string of the molecule is Cc1cccc2nc(CNC(=O)c3ccc(O)c(Cl)c3)n(C)c12. The van der Waals surface area contributed by atoms with Crippen molar-refractivity contribution in [2.24, 2.45) is 7.05 Å². The second kappa shape index (κ2) is 5.93. The van der Waals surface area contributed by atoms with E-state index in [4.69, 9.17) is 11.6 Å². The molecule has 3 rings (SSSR count). The fourth-order valence-electron chi connectivity index (χ4n) is 2.58. The number of aromatic nitrogens is 2. The van der Waals surface area contributed by atoms with Crippen molar-refractivity contribution in [1.82, 2.24) is 14.9 Å². The molecule has 0 radical (unpaired) electrons. The summed E-state index contributed by atoms with van der Waals surface area (Å²) in [5.74, 6) is 0.456. The number of carbonyl (C=O) groups excluding carboxylic acids is 1. The van der Waals surface area contributed by atoms with Crippen molar-refractivity contribution in [3.63, 3.8) is 0 Å². The highest BCUT2D eigenvalue weighted by Gasteiger charge is 2.12. The first-order chi connectivity index (χ1) is 11.0. The van der Waals surface area contributed by atoms with Gasteiger partial charge in [-0.2, -0.15) is 0 Å². The first kappa shape index (κ1) is 15.4. The van der Waals surface area contributed by atoms with Crippen molar-refractivity contribution in [2.75, 3.05) is 0 Å². The average molecular weight is 330 g/mol. The molecule has 118 valence electrons.